The van der Waals surface area contributed by atoms with Crippen LogP contribution < -0.4 is 10.1 Å². The lowest BCUT2D eigenvalue weighted by Crippen LogP contribution is -2.14. The molecule has 128 valence electrons. The fourth-order valence-corrected chi connectivity index (χ4v) is 2.81. The van der Waals surface area contributed by atoms with Gasteiger partial charge in [-0.15, -0.1) is 0 Å². The molecule has 0 spiro atoms. The molecule has 1 amide bonds. The number of methoxy groups -OCH3 is 1. The summed E-state index contributed by atoms with van der Waals surface area (Å²) >= 11 is 3.37. The molecule has 0 aliphatic heterocycles. The fraction of sp³-hybridized carbons (Fsp3) is 0.176. The van der Waals surface area contributed by atoms with Gasteiger partial charge in [-0.1, -0.05) is 0 Å². The van der Waals surface area contributed by atoms with E-state index >= 15 is 0 Å². The molecule has 3 aromatic rings. The number of carbonyl (C=O) groups is 1. The predicted molar refractivity (Wildman–Crippen MR) is 97.3 cm³/mol. The first kappa shape index (κ1) is 17.1. The molecular formula is C17H16BrN5O2. The van der Waals surface area contributed by atoms with Crippen molar-refractivity contribution in [1.82, 2.24) is 19.7 Å². The summed E-state index contributed by atoms with van der Waals surface area (Å²) in [6.07, 6.45) is 1.39. The van der Waals surface area contributed by atoms with E-state index in [-0.39, 0.29) is 5.91 Å². The molecule has 0 atom stereocenters. The van der Waals surface area contributed by atoms with Gasteiger partial charge in [0.15, 0.2) is 5.82 Å². The van der Waals surface area contributed by atoms with Crippen LogP contribution in [0.15, 0.2) is 41.1 Å². The minimum Gasteiger partial charge on any atom is -0.497 e. The third-order valence-electron chi connectivity index (χ3n) is 3.54. The van der Waals surface area contributed by atoms with E-state index in [2.05, 4.69) is 36.3 Å². The van der Waals surface area contributed by atoms with Gasteiger partial charge in [0.05, 0.1) is 18.4 Å². The molecular weight excluding hydrogens is 386 g/mol. The molecule has 2 heterocycles. The summed E-state index contributed by atoms with van der Waals surface area (Å²) in [5.41, 5.74) is 2.29. The number of nitrogens with one attached hydrogen (secondary N) is 1. The smallest absolute Gasteiger partial charge is 0.258 e. The maximum Gasteiger partial charge on any atom is 0.258 e. The number of anilines is 1. The Labute approximate surface area is 153 Å². The van der Waals surface area contributed by atoms with Crippen molar-refractivity contribution in [3.63, 3.8) is 0 Å². The minimum atomic E-state index is -0.302. The summed E-state index contributed by atoms with van der Waals surface area (Å²) in [7, 11) is 1.55. The van der Waals surface area contributed by atoms with Gasteiger partial charge in [0.1, 0.15) is 17.9 Å². The number of hydrogen-bond acceptors (Lipinski definition) is 5. The Morgan fingerprint density at radius 2 is 2.00 bits per heavy atom. The molecule has 25 heavy (non-hydrogen) atoms. The number of aryl methyl sites for hydroxylation is 2. The van der Waals surface area contributed by atoms with Crippen molar-refractivity contribution in [2.75, 3.05) is 12.4 Å². The second kappa shape index (κ2) is 7.02. The lowest BCUT2D eigenvalue weighted by atomic mass is 10.2. The Balaban J connectivity index is 1.87. The van der Waals surface area contributed by atoms with Crippen LogP contribution in [0.25, 0.3) is 5.82 Å². The molecule has 0 aliphatic carbocycles. The van der Waals surface area contributed by atoms with Gasteiger partial charge in [-0.25, -0.2) is 14.6 Å². The highest BCUT2D eigenvalue weighted by Gasteiger charge is 2.13. The number of amides is 1. The molecule has 0 saturated carbocycles. The molecule has 0 radical (unpaired) electrons. The number of benzene rings is 1. The maximum absolute atomic E-state index is 12.5. The van der Waals surface area contributed by atoms with Crippen LogP contribution in [-0.4, -0.2) is 32.8 Å². The van der Waals surface area contributed by atoms with Gasteiger partial charge in [0.2, 0.25) is 0 Å². The van der Waals surface area contributed by atoms with E-state index in [1.165, 1.54) is 6.33 Å². The first-order chi connectivity index (χ1) is 12.0. The monoisotopic (exact) mass is 401 g/mol. The molecule has 1 N–H and O–H groups in total. The lowest BCUT2D eigenvalue weighted by molar-refractivity contribution is 0.102. The van der Waals surface area contributed by atoms with Crippen LogP contribution in [-0.2, 0) is 0 Å². The Kier molecular flexibility index (Phi) is 4.80. The van der Waals surface area contributed by atoms with Crippen molar-refractivity contribution in [3.8, 4) is 11.6 Å². The molecule has 0 unspecified atom stereocenters. The standard InChI is InChI=1S/C17H16BrN5O2/c1-10-6-11(2)23(22-10)16-8-15(19-9-20-16)21-17(24)13-7-12(25-3)4-5-14(13)18/h4-9H,1-3H3,(H,19,20,21,24). The van der Waals surface area contributed by atoms with E-state index < -0.39 is 0 Å². The Hall–Kier alpha value is -2.74. The second-order valence-corrected chi connectivity index (χ2v) is 6.25. The third kappa shape index (κ3) is 3.69. The second-order valence-electron chi connectivity index (χ2n) is 5.40. The number of rotatable bonds is 4. The number of carbonyl (C=O) groups excluding carboxylic acids is 1. The summed E-state index contributed by atoms with van der Waals surface area (Å²) in [6, 6.07) is 8.81. The minimum absolute atomic E-state index is 0.302. The van der Waals surface area contributed by atoms with Gasteiger partial charge in [-0.05, 0) is 54.0 Å². The Morgan fingerprint density at radius 3 is 2.68 bits per heavy atom. The van der Waals surface area contributed by atoms with Crippen molar-refractivity contribution in [2.45, 2.75) is 13.8 Å². The van der Waals surface area contributed by atoms with Crippen LogP contribution in [0.5, 0.6) is 5.75 Å². The van der Waals surface area contributed by atoms with Crippen molar-refractivity contribution in [3.05, 3.63) is 58.1 Å². The number of halogens is 1. The van der Waals surface area contributed by atoms with Crippen LogP contribution in [0.3, 0.4) is 0 Å². The van der Waals surface area contributed by atoms with E-state index in [0.717, 1.165) is 11.4 Å². The number of nitrogens with zero attached hydrogens (tertiary/aromatic N) is 4. The van der Waals surface area contributed by atoms with Crippen LogP contribution in [0, 0.1) is 13.8 Å². The quantitative estimate of drug-likeness (QED) is 0.724. The van der Waals surface area contributed by atoms with Gasteiger partial charge >= 0.3 is 0 Å². The van der Waals surface area contributed by atoms with Gasteiger partial charge in [-0.3, -0.25) is 4.79 Å². The summed E-state index contributed by atoms with van der Waals surface area (Å²) in [6.45, 7) is 3.85. The van der Waals surface area contributed by atoms with Crippen molar-refractivity contribution in [1.29, 1.82) is 0 Å². The number of hydrogen-bond donors (Lipinski definition) is 1. The van der Waals surface area contributed by atoms with Gasteiger partial charge in [0.25, 0.3) is 5.91 Å². The topological polar surface area (TPSA) is 81.9 Å². The number of ether oxygens (including phenoxy) is 1. The SMILES string of the molecule is COc1ccc(Br)c(C(=O)Nc2cc(-n3nc(C)cc3C)ncn2)c1. The zero-order valence-corrected chi connectivity index (χ0v) is 15.5. The average Bonchev–Trinajstić information content (AvgIpc) is 2.94. The van der Waals surface area contributed by atoms with E-state index in [4.69, 9.17) is 4.74 Å². The molecule has 0 aliphatic rings. The fourth-order valence-electron chi connectivity index (χ4n) is 2.38. The first-order valence-corrected chi connectivity index (χ1v) is 8.28. The molecule has 3 rings (SSSR count). The van der Waals surface area contributed by atoms with E-state index in [0.29, 0.717) is 27.4 Å². The first-order valence-electron chi connectivity index (χ1n) is 7.48. The molecule has 0 fully saturated rings. The predicted octanol–water partition coefficient (Wildman–Crippen LogP) is 3.30. The third-order valence-corrected chi connectivity index (χ3v) is 4.23. The normalized spacial score (nSPS) is 10.6. The highest BCUT2D eigenvalue weighted by Crippen LogP contribution is 2.23. The Bertz CT molecular complexity index is 939. The highest BCUT2D eigenvalue weighted by molar-refractivity contribution is 9.10. The maximum atomic E-state index is 12.5. The highest BCUT2D eigenvalue weighted by atomic mass is 79.9. The lowest BCUT2D eigenvalue weighted by Gasteiger charge is -2.09. The van der Waals surface area contributed by atoms with E-state index in [1.54, 1.807) is 36.1 Å². The van der Waals surface area contributed by atoms with E-state index in [1.807, 2.05) is 19.9 Å². The summed E-state index contributed by atoms with van der Waals surface area (Å²) in [5.74, 6) is 1.26. The van der Waals surface area contributed by atoms with Gasteiger partial charge < -0.3 is 10.1 Å². The van der Waals surface area contributed by atoms with Crippen LogP contribution in [0.1, 0.15) is 21.7 Å². The van der Waals surface area contributed by atoms with Crippen LogP contribution >= 0.6 is 15.9 Å². The summed E-state index contributed by atoms with van der Waals surface area (Å²) in [5, 5.41) is 7.16. The zero-order chi connectivity index (χ0) is 18.0. The largest absolute Gasteiger partial charge is 0.497 e. The van der Waals surface area contributed by atoms with Crippen LogP contribution in [0.2, 0.25) is 0 Å². The van der Waals surface area contributed by atoms with Gasteiger partial charge in [-0.2, -0.15) is 5.10 Å². The number of aromatic nitrogens is 4. The van der Waals surface area contributed by atoms with Crippen molar-refractivity contribution >= 4 is 27.7 Å². The molecule has 8 heteroatoms. The molecule has 0 saturated heterocycles. The van der Waals surface area contributed by atoms with E-state index in [9.17, 15) is 4.79 Å². The molecule has 2 aromatic heterocycles. The van der Waals surface area contributed by atoms with Crippen molar-refractivity contribution < 1.29 is 9.53 Å². The summed E-state index contributed by atoms with van der Waals surface area (Å²) < 4.78 is 7.53. The molecule has 7 nitrogen and oxygen atoms in total. The molecule has 1 aromatic carbocycles. The Morgan fingerprint density at radius 1 is 1.20 bits per heavy atom. The zero-order valence-electron chi connectivity index (χ0n) is 13.9. The molecule has 0 bridgehead atoms. The average molecular weight is 402 g/mol. The van der Waals surface area contributed by atoms with Crippen molar-refractivity contribution in [2.24, 2.45) is 0 Å². The van der Waals surface area contributed by atoms with Crippen LogP contribution in [0.4, 0.5) is 5.82 Å². The summed E-state index contributed by atoms with van der Waals surface area (Å²) in [4.78, 5) is 20.9. The van der Waals surface area contributed by atoms with Gasteiger partial charge in [0, 0.05) is 16.2 Å².